The molecule has 0 radical (unpaired) electrons. The first kappa shape index (κ1) is 27.3. The summed E-state index contributed by atoms with van der Waals surface area (Å²) in [5, 5.41) is 5.59. The Bertz CT molecular complexity index is 1360. The number of nitrogens with two attached hydrogens (primary N) is 1. The van der Waals surface area contributed by atoms with Crippen molar-refractivity contribution >= 4 is 36.6 Å². The van der Waals surface area contributed by atoms with Crippen molar-refractivity contribution in [1.82, 2.24) is 24.6 Å². The number of rotatable bonds is 11. The van der Waals surface area contributed by atoms with Gasteiger partial charge in [0.2, 0.25) is 5.95 Å². The van der Waals surface area contributed by atoms with E-state index in [1.807, 2.05) is 0 Å². The lowest BCUT2D eigenvalue weighted by atomic mass is 10.0. The third-order valence-electron chi connectivity index (χ3n) is 5.75. The van der Waals surface area contributed by atoms with Gasteiger partial charge in [0.05, 0.1) is 31.6 Å². The zero-order valence-electron chi connectivity index (χ0n) is 21.2. The predicted octanol–water partition coefficient (Wildman–Crippen LogP) is 2.73. The van der Waals surface area contributed by atoms with E-state index in [2.05, 4.69) is 31.3 Å². The Balaban J connectivity index is 1.52. The molecule has 0 bridgehead atoms. The fraction of sp³-hybridized carbons (Fsp3) is 0.417. The van der Waals surface area contributed by atoms with E-state index < -0.39 is 32.1 Å². The van der Waals surface area contributed by atoms with E-state index in [0.717, 1.165) is 0 Å². The number of hydrogen-bond acceptors (Lipinski definition) is 11. The summed E-state index contributed by atoms with van der Waals surface area (Å²) in [6.45, 7) is 3.23. The molecule has 4 rings (SSSR count). The number of nitrogens with one attached hydrogen (secondary N) is 2. The van der Waals surface area contributed by atoms with E-state index in [9.17, 15) is 9.36 Å². The van der Waals surface area contributed by atoms with Crippen LogP contribution in [0.15, 0.2) is 36.7 Å². The third-order valence-corrected chi connectivity index (χ3v) is 7.39. The van der Waals surface area contributed by atoms with Gasteiger partial charge in [0.15, 0.2) is 23.2 Å². The third kappa shape index (κ3) is 6.06. The maximum atomic E-state index is 13.7. The maximum Gasteiger partial charge on any atom is 0.459 e. The molecule has 38 heavy (non-hydrogen) atoms. The van der Waals surface area contributed by atoms with Gasteiger partial charge in [0, 0.05) is 7.05 Å². The standard InChI is InChI=1S/C24H30N7O6P/c1-5-16-12-18(36-22(16)31-14-27-19-20(26-4)28-24(25)29-21(19)31)13-35-38(33,30-15(3)23(32)34-6-2)37-17-10-8-7-9-11-17/h1,7-11,14-16,18,22H,6,12-13H2,2-4H3,(H,30,33)(H3,25,26,28,29)/t15-,16-,18-,22+,38-/m0/s1. The quantitative estimate of drug-likeness (QED) is 0.184. The molecule has 0 spiro atoms. The number of carbonyl (C=O) groups excluding carboxylic acids is 1. The summed E-state index contributed by atoms with van der Waals surface area (Å²) in [6, 6.07) is 7.53. The number of terminal acetylenes is 1. The first-order valence-electron chi connectivity index (χ1n) is 12.0. The van der Waals surface area contributed by atoms with Crippen LogP contribution in [0.1, 0.15) is 26.5 Å². The lowest BCUT2D eigenvalue weighted by Gasteiger charge is -2.24. The summed E-state index contributed by atoms with van der Waals surface area (Å²) in [5.74, 6) is 2.63. The number of nitrogen functional groups attached to an aromatic ring is 1. The number of carbonyl (C=O) groups is 1. The number of esters is 1. The van der Waals surface area contributed by atoms with Gasteiger partial charge < -0.3 is 25.0 Å². The first-order valence-corrected chi connectivity index (χ1v) is 13.5. The van der Waals surface area contributed by atoms with Crippen LogP contribution in [-0.4, -0.2) is 57.9 Å². The molecule has 3 aromatic rings. The van der Waals surface area contributed by atoms with Crippen LogP contribution in [0.25, 0.3) is 11.2 Å². The number of fused-ring (bicyclic) bond motifs is 1. The molecular weight excluding hydrogens is 513 g/mol. The van der Waals surface area contributed by atoms with Crippen molar-refractivity contribution in [3.8, 4) is 18.1 Å². The molecule has 14 heteroatoms. The van der Waals surface area contributed by atoms with Gasteiger partial charge >= 0.3 is 13.7 Å². The molecule has 4 N–H and O–H groups in total. The summed E-state index contributed by atoms with van der Waals surface area (Å²) in [6.07, 6.45) is 6.60. The number of ether oxygens (including phenoxy) is 2. The second-order valence-corrected chi connectivity index (χ2v) is 10.2. The highest BCUT2D eigenvalue weighted by molar-refractivity contribution is 7.52. The summed E-state index contributed by atoms with van der Waals surface area (Å²) in [4.78, 5) is 25.0. The predicted molar refractivity (Wildman–Crippen MR) is 140 cm³/mol. The molecule has 0 aliphatic carbocycles. The SMILES string of the molecule is C#C[C@H]1C[C@@H](CO[P@@](=O)(N[C@@H](C)C(=O)OCC)Oc2ccccc2)O[C@H]1n1cnc2c(NC)nc(N)nc21. The van der Waals surface area contributed by atoms with Crippen molar-refractivity contribution in [2.45, 2.75) is 38.6 Å². The van der Waals surface area contributed by atoms with Crippen LogP contribution in [0.3, 0.4) is 0 Å². The molecule has 1 fully saturated rings. The molecule has 0 amide bonds. The number of benzene rings is 1. The molecule has 3 heterocycles. The minimum Gasteiger partial charge on any atom is -0.465 e. The second kappa shape index (κ2) is 11.8. The average Bonchev–Trinajstić information content (AvgIpc) is 3.51. The lowest BCUT2D eigenvalue weighted by molar-refractivity contribution is -0.144. The van der Waals surface area contributed by atoms with E-state index in [1.165, 1.54) is 6.92 Å². The fourth-order valence-corrected chi connectivity index (χ4v) is 5.53. The molecule has 202 valence electrons. The van der Waals surface area contributed by atoms with Crippen LogP contribution in [0.2, 0.25) is 0 Å². The molecule has 1 aliphatic rings. The van der Waals surface area contributed by atoms with E-state index in [0.29, 0.717) is 29.2 Å². The summed E-state index contributed by atoms with van der Waals surface area (Å²) < 4.78 is 38.0. The average molecular weight is 544 g/mol. The van der Waals surface area contributed by atoms with Gasteiger partial charge in [-0.2, -0.15) is 15.1 Å². The first-order chi connectivity index (χ1) is 18.3. The molecule has 0 unspecified atom stereocenters. The van der Waals surface area contributed by atoms with Crippen molar-refractivity contribution in [3.05, 3.63) is 36.7 Å². The van der Waals surface area contributed by atoms with Gasteiger partial charge in [0.1, 0.15) is 11.8 Å². The van der Waals surface area contributed by atoms with E-state index in [1.54, 1.807) is 55.2 Å². The lowest BCUT2D eigenvalue weighted by Crippen LogP contribution is -2.35. The number of para-hydroxylation sites is 1. The monoisotopic (exact) mass is 543 g/mol. The highest BCUT2D eigenvalue weighted by Crippen LogP contribution is 2.46. The van der Waals surface area contributed by atoms with E-state index in [-0.39, 0.29) is 25.1 Å². The molecular formula is C24H30N7O6P. The molecule has 0 saturated carbocycles. The Morgan fingerprint density at radius 1 is 1.37 bits per heavy atom. The molecule has 2 aromatic heterocycles. The highest BCUT2D eigenvalue weighted by Gasteiger charge is 2.39. The Labute approximate surface area is 220 Å². The highest BCUT2D eigenvalue weighted by atomic mass is 31.2. The number of aromatic nitrogens is 4. The van der Waals surface area contributed by atoms with Crippen molar-refractivity contribution in [2.75, 3.05) is 31.3 Å². The van der Waals surface area contributed by atoms with Gasteiger partial charge in [-0.1, -0.05) is 24.1 Å². The Kier molecular flexibility index (Phi) is 8.48. The fourth-order valence-electron chi connectivity index (χ4n) is 4.01. The van der Waals surface area contributed by atoms with Crippen molar-refractivity contribution < 1.29 is 27.9 Å². The normalized spacial score (nSPS) is 21.4. The molecule has 1 aliphatic heterocycles. The van der Waals surface area contributed by atoms with Gasteiger partial charge in [0.25, 0.3) is 0 Å². The van der Waals surface area contributed by atoms with Gasteiger partial charge in [-0.3, -0.25) is 13.9 Å². The molecule has 1 aromatic carbocycles. The molecule has 1 saturated heterocycles. The largest absolute Gasteiger partial charge is 0.465 e. The second-order valence-electron chi connectivity index (χ2n) is 8.46. The van der Waals surface area contributed by atoms with Crippen LogP contribution in [0, 0.1) is 18.3 Å². The van der Waals surface area contributed by atoms with Gasteiger partial charge in [-0.05, 0) is 32.4 Å². The summed E-state index contributed by atoms with van der Waals surface area (Å²) >= 11 is 0. The van der Waals surface area contributed by atoms with Crippen LogP contribution < -0.4 is 20.7 Å². The van der Waals surface area contributed by atoms with E-state index in [4.69, 9.17) is 30.7 Å². The zero-order chi connectivity index (χ0) is 27.3. The molecule has 5 atom stereocenters. The van der Waals surface area contributed by atoms with Gasteiger partial charge in [-0.25, -0.2) is 9.55 Å². The van der Waals surface area contributed by atoms with Crippen LogP contribution in [0.4, 0.5) is 11.8 Å². The minimum absolute atomic E-state index is 0.0690. The maximum absolute atomic E-state index is 13.7. The number of imidazole rings is 1. The van der Waals surface area contributed by atoms with Crippen molar-refractivity contribution in [2.24, 2.45) is 5.92 Å². The van der Waals surface area contributed by atoms with Crippen LogP contribution in [-0.2, 0) is 23.4 Å². The smallest absolute Gasteiger partial charge is 0.459 e. The van der Waals surface area contributed by atoms with Crippen LogP contribution >= 0.6 is 7.75 Å². The van der Waals surface area contributed by atoms with Crippen molar-refractivity contribution in [1.29, 1.82) is 0 Å². The minimum atomic E-state index is -4.04. The molecule has 13 nitrogen and oxygen atoms in total. The number of anilines is 2. The van der Waals surface area contributed by atoms with Crippen molar-refractivity contribution in [3.63, 3.8) is 0 Å². The van der Waals surface area contributed by atoms with Gasteiger partial charge in [-0.15, -0.1) is 6.42 Å². The Morgan fingerprint density at radius 2 is 2.13 bits per heavy atom. The Hall–Kier alpha value is -3.69. The number of hydrogen-bond donors (Lipinski definition) is 3. The number of nitrogens with zero attached hydrogens (tertiary/aromatic N) is 4. The topological polar surface area (TPSA) is 165 Å². The van der Waals surface area contributed by atoms with Crippen LogP contribution in [0.5, 0.6) is 5.75 Å². The zero-order valence-corrected chi connectivity index (χ0v) is 22.1. The summed E-state index contributed by atoms with van der Waals surface area (Å²) in [5.41, 5.74) is 6.84. The Morgan fingerprint density at radius 3 is 2.82 bits per heavy atom. The summed E-state index contributed by atoms with van der Waals surface area (Å²) in [7, 11) is -2.33. The van der Waals surface area contributed by atoms with E-state index >= 15 is 0 Å².